The average Bonchev–Trinajstić information content (AvgIpc) is 2.93. The lowest BCUT2D eigenvalue weighted by atomic mass is 10.0. The molecule has 1 aromatic carbocycles. The lowest BCUT2D eigenvalue weighted by Crippen LogP contribution is -2.48. The fourth-order valence-corrected chi connectivity index (χ4v) is 3.24. The highest BCUT2D eigenvalue weighted by Gasteiger charge is 2.40. The van der Waals surface area contributed by atoms with E-state index in [0.717, 1.165) is 5.56 Å². The number of ether oxygens (including phenoxy) is 2. The van der Waals surface area contributed by atoms with Gasteiger partial charge in [-0.25, -0.2) is 4.79 Å². The number of carbonyl (C=O) groups excluding carboxylic acids is 1. The third kappa shape index (κ3) is 3.18. The SMILES string of the molecule is Cc1c(Cl)cc(NC(=O)N2CCC3(CC2)OCCO3)cc1Cl. The molecule has 2 aliphatic heterocycles. The number of carbonyl (C=O) groups is 1. The van der Waals surface area contributed by atoms with Crippen molar-refractivity contribution in [2.45, 2.75) is 25.6 Å². The number of hydrogen-bond acceptors (Lipinski definition) is 3. The van der Waals surface area contributed by atoms with Crippen molar-refractivity contribution in [3.63, 3.8) is 0 Å². The second-order valence-corrected chi connectivity index (χ2v) is 6.40. The molecular formula is C15H18Cl2N2O3. The summed E-state index contributed by atoms with van der Waals surface area (Å²) in [7, 11) is 0. The maximum atomic E-state index is 12.3. The van der Waals surface area contributed by atoms with Gasteiger partial charge in [0.05, 0.1) is 13.2 Å². The van der Waals surface area contributed by atoms with Gasteiger partial charge in [-0.3, -0.25) is 0 Å². The van der Waals surface area contributed by atoms with E-state index < -0.39 is 5.79 Å². The second-order valence-electron chi connectivity index (χ2n) is 5.59. The van der Waals surface area contributed by atoms with E-state index >= 15 is 0 Å². The Morgan fingerprint density at radius 1 is 1.18 bits per heavy atom. The van der Waals surface area contributed by atoms with Crippen molar-refractivity contribution in [3.8, 4) is 0 Å². The van der Waals surface area contributed by atoms with Crippen molar-refractivity contribution < 1.29 is 14.3 Å². The molecule has 0 saturated carbocycles. The van der Waals surface area contributed by atoms with Crippen molar-refractivity contribution in [1.82, 2.24) is 4.90 Å². The van der Waals surface area contributed by atoms with E-state index in [2.05, 4.69) is 5.32 Å². The van der Waals surface area contributed by atoms with Crippen LogP contribution in [-0.4, -0.2) is 43.0 Å². The number of halogens is 2. The van der Waals surface area contributed by atoms with Gasteiger partial charge >= 0.3 is 6.03 Å². The zero-order chi connectivity index (χ0) is 15.7. The number of nitrogens with one attached hydrogen (secondary N) is 1. The molecule has 0 bridgehead atoms. The first-order valence-corrected chi connectivity index (χ1v) is 8.04. The fraction of sp³-hybridized carbons (Fsp3) is 0.533. The van der Waals surface area contributed by atoms with Crippen LogP contribution in [0.4, 0.5) is 10.5 Å². The minimum absolute atomic E-state index is 0.163. The van der Waals surface area contributed by atoms with E-state index in [1.807, 2.05) is 6.92 Å². The molecule has 2 heterocycles. The van der Waals surface area contributed by atoms with Crippen molar-refractivity contribution in [3.05, 3.63) is 27.7 Å². The standard InChI is InChI=1S/C15H18Cl2N2O3/c1-10-12(16)8-11(9-13(10)17)18-14(20)19-4-2-15(3-5-19)21-6-7-22-15/h8-9H,2-7H2,1H3,(H,18,20). The van der Waals surface area contributed by atoms with Gasteiger partial charge in [0.1, 0.15) is 0 Å². The highest BCUT2D eigenvalue weighted by molar-refractivity contribution is 6.36. The smallest absolute Gasteiger partial charge is 0.321 e. The van der Waals surface area contributed by atoms with Crippen LogP contribution in [0, 0.1) is 6.92 Å². The molecule has 2 amide bonds. The van der Waals surface area contributed by atoms with E-state index in [9.17, 15) is 4.79 Å². The van der Waals surface area contributed by atoms with E-state index in [0.29, 0.717) is 54.9 Å². The zero-order valence-electron chi connectivity index (χ0n) is 12.3. The van der Waals surface area contributed by atoms with E-state index in [4.69, 9.17) is 32.7 Å². The molecule has 5 nitrogen and oxygen atoms in total. The van der Waals surface area contributed by atoms with Crippen LogP contribution in [0.15, 0.2) is 12.1 Å². The monoisotopic (exact) mass is 344 g/mol. The summed E-state index contributed by atoms with van der Waals surface area (Å²) in [5, 5.41) is 3.91. The van der Waals surface area contributed by atoms with Gasteiger partial charge in [-0.1, -0.05) is 23.2 Å². The number of likely N-dealkylation sites (tertiary alicyclic amines) is 1. The van der Waals surface area contributed by atoms with Crippen LogP contribution in [0.3, 0.4) is 0 Å². The van der Waals surface area contributed by atoms with Crippen molar-refractivity contribution >= 4 is 34.9 Å². The van der Waals surface area contributed by atoms with Crippen LogP contribution in [0.2, 0.25) is 10.0 Å². The average molecular weight is 345 g/mol. The molecule has 3 rings (SSSR count). The van der Waals surface area contributed by atoms with Gasteiger partial charge in [-0.2, -0.15) is 0 Å². The van der Waals surface area contributed by atoms with Crippen molar-refractivity contribution in [2.24, 2.45) is 0 Å². The highest BCUT2D eigenvalue weighted by atomic mass is 35.5. The summed E-state index contributed by atoms with van der Waals surface area (Å²) in [6.07, 6.45) is 1.38. The summed E-state index contributed by atoms with van der Waals surface area (Å²) in [5.41, 5.74) is 1.40. The predicted octanol–water partition coefficient (Wildman–Crippen LogP) is 3.67. The van der Waals surface area contributed by atoms with Gasteiger partial charge in [-0.15, -0.1) is 0 Å². The Morgan fingerprint density at radius 2 is 1.73 bits per heavy atom. The molecule has 120 valence electrons. The number of piperidine rings is 1. The number of anilines is 1. The summed E-state index contributed by atoms with van der Waals surface area (Å²) >= 11 is 12.2. The number of nitrogens with zero attached hydrogens (tertiary/aromatic N) is 1. The Balaban J connectivity index is 1.61. The van der Waals surface area contributed by atoms with Gasteiger partial charge in [0.25, 0.3) is 0 Å². The normalized spacial score (nSPS) is 20.4. The summed E-state index contributed by atoms with van der Waals surface area (Å²) < 4.78 is 11.3. The van der Waals surface area contributed by atoms with Gasteiger partial charge in [0.2, 0.25) is 0 Å². The lowest BCUT2D eigenvalue weighted by molar-refractivity contribution is -0.181. The molecule has 1 spiro atoms. The third-order valence-corrected chi connectivity index (χ3v) is 4.94. The van der Waals surface area contributed by atoms with Gasteiger partial charge in [0, 0.05) is 41.7 Å². The molecule has 7 heteroatoms. The number of hydrogen-bond donors (Lipinski definition) is 1. The van der Waals surface area contributed by atoms with Crippen molar-refractivity contribution in [1.29, 1.82) is 0 Å². The Hall–Kier alpha value is -1.01. The molecule has 0 aromatic heterocycles. The van der Waals surface area contributed by atoms with Gasteiger partial charge < -0.3 is 19.7 Å². The summed E-state index contributed by atoms with van der Waals surface area (Å²) in [4.78, 5) is 14.1. The Labute approximate surface area is 139 Å². The molecule has 0 atom stereocenters. The van der Waals surface area contributed by atoms with E-state index in [1.165, 1.54) is 0 Å². The van der Waals surface area contributed by atoms with Crippen LogP contribution >= 0.6 is 23.2 Å². The molecule has 2 aliphatic rings. The maximum absolute atomic E-state index is 12.3. The van der Waals surface area contributed by atoms with E-state index in [1.54, 1.807) is 17.0 Å². The van der Waals surface area contributed by atoms with Crippen LogP contribution in [-0.2, 0) is 9.47 Å². The molecule has 0 radical (unpaired) electrons. The molecule has 0 aliphatic carbocycles. The largest absolute Gasteiger partial charge is 0.347 e. The first-order valence-electron chi connectivity index (χ1n) is 7.29. The Kier molecular flexibility index (Phi) is 4.50. The Morgan fingerprint density at radius 3 is 2.27 bits per heavy atom. The summed E-state index contributed by atoms with van der Waals surface area (Å²) in [5.74, 6) is -0.479. The molecule has 2 fully saturated rings. The first-order chi connectivity index (χ1) is 10.5. The summed E-state index contributed by atoms with van der Waals surface area (Å²) in [6.45, 7) is 4.29. The number of urea groups is 1. The van der Waals surface area contributed by atoms with Crippen LogP contribution in [0.5, 0.6) is 0 Å². The predicted molar refractivity (Wildman–Crippen MR) is 85.7 cm³/mol. The van der Waals surface area contributed by atoms with Gasteiger partial charge in [-0.05, 0) is 24.6 Å². The second kappa shape index (κ2) is 6.24. The lowest BCUT2D eigenvalue weighted by Gasteiger charge is -2.37. The zero-order valence-corrected chi connectivity index (χ0v) is 13.8. The van der Waals surface area contributed by atoms with Crippen LogP contribution < -0.4 is 5.32 Å². The van der Waals surface area contributed by atoms with Crippen LogP contribution in [0.1, 0.15) is 18.4 Å². The molecule has 2 saturated heterocycles. The first kappa shape index (κ1) is 15.9. The van der Waals surface area contributed by atoms with Crippen molar-refractivity contribution in [2.75, 3.05) is 31.6 Å². The van der Waals surface area contributed by atoms with Gasteiger partial charge in [0.15, 0.2) is 5.79 Å². The minimum Gasteiger partial charge on any atom is -0.347 e. The maximum Gasteiger partial charge on any atom is 0.321 e. The Bertz CT molecular complexity index is 555. The molecule has 0 unspecified atom stereocenters. The quantitative estimate of drug-likeness (QED) is 0.845. The molecule has 1 N–H and O–H groups in total. The number of amides is 2. The minimum atomic E-state index is -0.479. The number of rotatable bonds is 1. The molecule has 22 heavy (non-hydrogen) atoms. The third-order valence-electron chi connectivity index (χ3n) is 4.16. The van der Waals surface area contributed by atoms with E-state index in [-0.39, 0.29) is 6.03 Å². The summed E-state index contributed by atoms with van der Waals surface area (Å²) in [6, 6.07) is 3.24. The molecule has 1 aromatic rings. The highest BCUT2D eigenvalue weighted by Crippen LogP contribution is 2.32. The number of benzene rings is 1. The fourth-order valence-electron chi connectivity index (χ4n) is 2.76. The molecular weight excluding hydrogens is 327 g/mol. The van der Waals surface area contributed by atoms with Crippen LogP contribution in [0.25, 0.3) is 0 Å². The topological polar surface area (TPSA) is 50.8 Å².